The van der Waals surface area contributed by atoms with E-state index in [-0.39, 0.29) is 37.9 Å². The maximum absolute atomic E-state index is 13.8. The molecular formula is C19H25F4N3O3. The lowest BCUT2D eigenvalue weighted by molar-refractivity contribution is -0.135. The van der Waals surface area contributed by atoms with Crippen LogP contribution in [0.5, 0.6) is 0 Å². The smallest absolute Gasteiger partial charge is 0.257 e. The number of nitrogens with zero attached hydrogens (tertiary/aromatic N) is 1. The van der Waals surface area contributed by atoms with Crippen LogP contribution >= 0.6 is 0 Å². The Morgan fingerprint density at radius 1 is 1.28 bits per heavy atom. The van der Waals surface area contributed by atoms with E-state index < -0.39 is 53.1 Å². The predicted molar refractivity (Wildman–Crippen MR) is 96.9 cm³/mol. The summed E-state index contributed by atoms with van der Waals surface area (Å²) in [7, 11) is 0. The Morgan fingerprint density at radius 2 is 1.90 bits per heavy atom. The summed E-state index contributed by atoms with van der Waals surface area (Å²) in [6, 6.07) is -0.507. The van der Waals surface area contributed by atoms with Crippen LogP contribution in [0.4, 0.5) is 17.6 Å². The van der Waals surface area contributed by atoms with Gasteiger partial charge in [-0.3, -0.25) is 9.59 Å². The number of aliphatic hydroxyl groups is 1. The average Bonchev–Trinajstić information content (AvgIpc) is 2.97. The van der Waals surface area contributed by atoms with Gasteiger partial charge in [0.05, 0.1) is 12.1 Å². The maximum Gasteiger partial charge on any atom is 0.257 e. The number of alkyl halides is 1. The number of rotatable bonds is 7. The monoisotopic (exact) mass is 419 g/mol. The molecule has 0 saturated carbocycles. The molecule has 1 aliphatic rings. The Kier molecular flexibility index (Phi) is 7.23. The fourth-order valence-electron chi connectivity index (χ4n) is 3.22. The van der Waals surface area contributed by atoms with Crippen molar-refractivity contribution in [2.24, 2.45) is 5.73 Å². The Hall–Kier alpha value is -2.20. The molecule has 6 nitrogen and oxygen atoms in total. The molecule has 0 aromatic heterocycles. The third-order valence-electron chi connectivity index (χ3n) is 4.85. The summed E-state index contributed by atoms with van der Waals surface area (Å²) in [5, 5.41) is 12.5. The Labute approximate surface area is 166 Å². The van der Waals surface area contributed by atoms with Gasteiger partial charge in [-0.1, -0.05) is 0 Å². The van der Waals surface area contributed by atoms with E-state index in [1.165, 1.54) is 4.90 Å². The van der Waals surface area contributed by atoms with Crippen LogP contribution in [0.2, 0.25) is 0 Å². The number of nitrogens with one attached hydrogen (secondary N) is 1. The van der Waals surface area contributed by atoms with E-state index >= 15 is 0 Å². The van der Waals surface area contributed by atoms with E-state index in [0.717, 1.165) is 13.8 Å². The van der Waals surface area contributed by atoms with Crippen LogP contribution in [-0.2, 0) is 16.0 Å². The summed E-state index contributed by atoms with van der Waals surface area (Å²) in [4.78, 5) is 25.6. The zero-order chi connectivity index (χ0) is 21.9. The molecule has 1 aliphatic heterocycles. The molecule has 4 N–H and O–H groups in total. The van der Waals surface area contributed by atoms with E-state index in [1.807, 2.05) is 0 Å². The van der Waals surface area contributed by atoms with Crippen molar-refractivity contribution in [1.29, 1.82) is 0 Å². The number of amides is 2. The summed E-state index contributed by atoms with van der Waals surface area (Å²) in [5.74, 6) is -4.80. The van der Waals surface area contributed by atoms with Gasteiger partial charge < -0.3 is 21.1 Å². The highest BCUT2D eigenvalue weighted by atomic mass is 19.2. The van der Waals surface area contributed by atoms with E-state index in [0.29, 0.717) is 12.1 Å². The van der Waals surface area contributed by atoms with Gasteiger partial charge >= 0.3 is 0 Å². The van der Waals surface area contributed by atoms with Gasteiger partial charge in [-0.2, -0.15) is 0 Å². The predicted octanol–water partition coefficient (Wildman–Crippen LogP) is 1.19. The molecule has 1 heterocycles. The van der Waals surface area contributed by atoms with Gasteiger partial charge in [0.15, 0.2) is 17.3 Å². The molecular weight excluding hydrogens is 394 g/mol. The minimum atomic E-state index is -2.10. The van der Waals surface area contributed by atoms with Gasteiger partial charge in [0.1, 0.15) is 5.82 Å². The van der Waals surface area contributed by atoms with Crippen molar-refractivity contribution in [3.8, 4) is 0 Å². The largest absolute Gasteiger partial charge is 0.391 e. The van der Waals surface area contributed by atoms with Crippen LogP contribution in [0.1, 0.15) is 32.3 Å². The molecule has 2 amide bonds. The molecule has 1 aromatic carbocycles. The van der Waals surface area contributed by atoms with E-state index in [2.05, 4.69) is 5.32 Å². The molecule has 1 fully saturated rings. The molecule has 1 unspecified atom stereocenters. The Balaban J connectivity index is 1.97. The summed E-state index contributed by atoms with van der Waals surface area (Å²) in [5.41, 5.74) is 3.62. The Bertz CT molecular complexity index is 770. The highest BCUT2D eigenvalue weighted by Gasteiger charge is 2.37. The van der Waals surface area contributed by atoms with Crippen molar-refractivity contribution >= 4 is 11.8 Å². The van der Waals surface area contributed by atoms with Gasteiger partial charge in [-0.25, -0.2) is 17.6 Å². The third-order valence-corrected chi connectivity index (χ3v) is 4.85. The molecule has 29 heavy (non-hydrogen) atoms. The number of hydrogen-bond acceptors (Lipinski definition) is 4. The standard InChI is InChI=1S/C19H25F4N3O3/c1-19(2,23)18(29)25-9-15-16(27)3-4-26(15)17(28)7-11(24)5-10-6-13(21)14(22)8-12(10)20/h6,8,11,15-16,27H,3-5,7,9,24H2,1-2H3,(H,25,29)/t11-,15-,16?/m1/s1. The second-order valence-electron chi connectivity index (χ2n) is 7.72. The van der Waals surface area contributed by atoms with E-state index in [9.17, 15) is 32.3 Å². The molecule has 10 heteroatoms. The maximum atomic E-state index is 13.8. The molecule has 0 aliphatic carbocycles. The van der Waals surface area contributed by atoms with Crippen LogP contribution in [0.25, 0.3) is 0 Å². The lowest BCUT2D eigenvalue weighted by Crippen LogP contribution is -2.50. The number of hydrogen-bond donors (Lipinski definition) is 3. The van der Waals surface area contributed by atoms with Crippen molar-refractivity contribution < 1.29 is 32.3 Å². The van der Waals surface area contributed by atoms with Crippen LogP contribution in [0.15, 0.2) is 12.1 Å². The molecule has 1 aromatic rings. The molecule has 3 atom stereocenters. The first-order valence-corrected chi connectivity index (χ1v) is 9.24. The molecule has 162 valence electrons. The van der Waals surface area contributed by atoms with Crippen LogP contribution in [0.3, 0.4) is 0 Å². The number of carbonyl (C=O) groups excluding carboxylic acids is 2. The first-order valence-electron chi connectivity index (χ1n) is 9.24. The summed E-state index contributed by atoms with van der Waals surface area (Å²) in [6.07, 6.45) is -1.05. The summed E-state index contributed by atoms with van der Waals surface area (Å²) in [6.45, 7) is 2.26. The van der Waals surface area contributed by atoms with Crippen molar-refractivity contribution in [3.05, 3.63) is 35.1 Å². The number of benzene rings is 1. The summed E-state index contributed by atoms with van der Waals surface area (Å²) < 4.78 is 53.7. The van der Waals surface area contributed by atoms with Crippen LogP contribution in [-0.4, -0.2) is 58.8 Å². The van der Waals surface area contributed by atoms with Crippen LogP contribution in [0, 0.1) is 17.5 Å². The van der Waals surface area contributed by atoms with Gasteiger partial charge in [0.2, 0.25) is 5.91 Å². The number of halogens is 4. The van der Waals surface area contributed by atoms with Crippen molar-refractivity contribution in [3.63, 3.8) is 0 Å². The zero-order valence-corrected chi connectivity index (χ0v) is 16.2. The first kappa shape index (κ1) is 23.1. The van der Waals surface area contributed by atoms with Crippen molar-refractivity contribution in [2.45, 2.75) is 57.0 Å². The minimum absolute atomic E-state index is 0.133. The first-order chi connectivity index (χ1) is 13.4. The SMILES string of the molecule is CC(C)(F)C(=O)NC[C@@H]1C(O)CCN1C(=O)C[C@H](N)Cc1cc(F)c(F)cc1F. The summed E-state index contributed by atoms with van der Waals surface area (Å²) >= 11 is 0. The fraction of sp³-hybridized carbons (Fsp3) is 0.579. The number of likely N-dealkylation sites (tertiary alicyclic amines) is 1. The van der Waals surface area contributed by atoms with E-state index in [4.69, 9.17) is 5.73 Å². The second-order valence-corrected chi connectivity index (χ2v) is 7.72. The second kappa shape index (κ2) is 9.08. The highest BCUT2D eigenvalue weighted by Crippen LogP contribution is 2.21. The highest BCUT2D eigenvalue weighted by molar-refractivity contribution is 5.84. The normalized spacial score (nSPS) is 20.6. The molecule has 1 saturated heterocycles. The van der Waals surface area contributed by atoms with Gasteiger partial charge in [0.25, 0.3) is 5.91 Å². The van der Waals surface area contributed by atoms with Gasteiger partial charge in [-0.15, -0.1) is 0 Å². The van der Waals surface area contributed by atoms with Gasteiger partial charge in [-0.05, 0) is 38.3 Å². The third kappa shape index (κ3) is 5.89. The van der Waals surface area contributed by atoms with Crippen molar-refractivity contribution in [1.82, 2.24) is 10.2 Å². The minimum Gasteiger partial charge on any atom is -0.391 e. The molecule has 2 rings (SSSR count). The van der Waals surface area contributed by atoms with Gasteiger partial charge in [0, 0.05) is 31.6 Å². The van der Waals surface area contributed by atoms with E-state index in [1.54, 1.807) is 0 Å². The number of nitrogens with two attached hydrogens (primary N) is 1. The lowest BCUT2D eigenvalue weighted by Gasteiger charge is -2.28. The molecule has 0 spiro atoms. The average molecular weight is 419 g/mol. The molecule has 0 radical (unpaired) electrons. The number of aliphatic hydroxyl groups excluding tert-OH is 1. The number of carbonyl (C=O) groups is 2. The Morgan fingerprint density at radius 3 is 2.52 bits per heavy atom. The fourth-order valence-corrected chi connectivity index (χ4v) is 3.22. The molecule has 0 bridgehead atoms. The lowest BCUT2D eigenvalue weighted by atomic mass is 10.0. The topological polar surface area (TPSA) is 95.7 Å². The quantitative estimate of drug-likeness (QED) is 0.457. The van der Waals surface area contributed by atoms with Crippen molar-refractivity contribution in [2.75, 3.05) is 13.1 Å². The zero-order valence-electron chi connectivity index (χ0n) is 16.2. The van der Waals surface area contributed by atoms with Crippen LogP contribution < -0.4 is 11.1 Å².